The van der Waals surface area contributed by atoms with Crippen molar-refractivity contribution < 1.29 is 13.2 Å². The van der Waals surface area contributed by atoms with Gasteiger partial charge in [-0.2, -0.15) is 4.31 Å². The normalized spacial score (nSPS) is 18.1. The first-order valence-corrected chi connectivity index (χ1v) is 12.3. The summed E-state index contributed by atoms with van der Waals surface area (Å²) < 4.78 is 27.8. The van der Waals surface area contributed by atoms with Gasteiger partial charge < -0.3 is 5.32 Å². The second-order valence-electron chi connectivity index (χ2n) is 8.52. The van der Waals surface area contributed by atoms with E-state index in [0.29, 0.717) is 24.2 Å². The predicted octanol–water partition coefficient (Wildman–Crippen LogP) is 4.15. The number of benzene rings is 2. The minimum Gasteiger partial charge on any atom is -0.346 e. The van der Waals surface area contributed by atoms with Crippen LogP contribution >= 0.6 is 0 Å². The van der Waals surface area contributed by atoms with Crippen LogP contribution < -0.4 is 5.32 Å². The number of carbonyl (C=O) groups excluding carboxylic acids is 1. The van der Waals surface area contributed by atoms with Gasteiger partial charge in [-0.1, -0.05) is 30.7 Å². The molecule has 1 amide bonds. The van der Waals surface area contributed by atoms with Crippen LogP contribution in [0.15, 0.2) is 41.3 Å². The van der Waals surface area contributed by atoms with Crippen LogP contribution in [0.25, 0.3) is 0 Å². The maximum atomic E-state index is 13.1. The number of fused-ring (bicyclic) bond motifs is 1. The average molecular weight is 427 g/mol. The van der Waals surface area contributed by atoms with Gasteiger partial charge >= 0.3 is 0 Å². The Balaban J connectivity index is 1.54. The summed E-state index contributed by atoms with van der Waals surface area (Å²) >= 11 is 0. The Morgan fingerprint density at radius 3 is 2.47 bits per heavy atom. The first-order valence-electron chi connectivity index (χ1n) is 10.9. The van der Waals surface area contributed by atoms with E-state index in [1.54, 1.807) is 23.4 Å². The van der Waals surface area contributed by atoms with Gasteiger partial charge in [-0.25, -0.2) is 8.42 Å². The zero-order chi connectivity index (χ0) is 21.3. The van der Waals surface area contributed by atoms with E-state index in [-0.39, 0.29) is 16.8 Å². The van der Waals surface area contributed by atoms with Gasteiger partial charge in [0.05, 0.1) is 10.9 Å². The highest BCUT2D eigenvalue weighted by Gasteiger charge is 2.28. The predicted molar refractivity (Wildman–Crippen MR) is 118 cm³/mol. The summed E-state index contributed by atoms with van der Waals surface area (Å²) in [5.41, 5.74) is 4.91. The van der Waals surface area contributed by atoms with Gasteiger partial charge in [0.15, 0.2) is 0 Å². The molecule has 5 nitrogen and oxygen atoms in total. The SMILES string of the molecule is Cc1ccc(C(=O)N[C@@H](C)c2ccc3c(c2)CCC3)cc1S(=O)(=O)N1CCCCC1. The molecular weight excluding hydrogens is 396 g/mol. The summed E-state index contributed by atoms with van der Waals surface area (Å²) in [6.07, 6.45) is 6.26. The van der Waals surface area contributed by atoms with Crippen LogP contribution in [-0.2, 0) is 22.9 Å². The third-order valence-corrected chi connectivity index (χ3v) is 8.39. The quantitative estimate of drug-likeness (QED) is 0.781. The van der Waals surface area contributed by atoms with Gasteiger partial charge in [-0.3, -0.25) is 4.79 Å². The fourth-order valence-electron chi connectivity index (χ4n) is 4.49. The number of nitrogens with zero attached hydrogens (tertiary/aromatic N) is 1. The molecule has 0 bridgehead atoms. The largest absolute Gasteiger partial charge is 0.346 e. The first kappa shape index (κ1) is 21.1. The smallest absolute Gasteiger partial charge is 0.251 e. The topological polar surface area (TPSA) is 66.5 Å². The highest BCUT2D eigenvalue weighted by atomic mass is 32.2. The highest BCUT2D eigenvalue weighted by Crippen LogP contribution is 2.27. The molecule has 2 aromatic carbocycles. The Labute approximate surface area is 179 Å². The van der Waals surface area contributed by atoms with E-state index in [1.165, 1.54) is 23.6 Å². The van der Waals surface area contributed by atoms with Crippen molar-refractivity contribution in [3.05, 3.63) is 64.2 Å². The average Bonchev–Trinajstić information content (AvgIpc) is 3.22. The van der Waals surface area contributed by atoms with E-state index in [1.807, 2.05) is 6.92 Å². The zero-order valence-corrected chi connectivity index (χ0v) is 18.6. The Morgan fingerprint density at radius 2 is 1.70 bits per heavy atom. The molecule has 30 heavy (non-hydrogen) atoms. The number of sulfonamides is 1. The third-order valence-electron chi connectivity index (χ3n) is 6.35. The van der Waals surface area contributed by atoms with Crippen LogP contribution in [0.4, 0.5) is 0 Å². The third kappa shape index (κ3) is 4.16. The van der Waals surface area contributed by atoms with Crippen molar-refractivity contribution in [2.45, 2.75) is 63.3 Å². The molecule has 0 unspecified atom stereocenters. The van der Waals surface area contributed by atoms with E-state index >= 15 is 0 Å². The molecule has 2 aliphatic rings. The van der Waals surface area contributed by atoms with Gasteiger partial charge in [0.2, 0.25) is 10.0 Å². The highest BCUT2D eigenvalue weighted by molar-refractivity contribution is 7.89. The lowest BCUT2D eigenvalue weighted by Gasteiger charge is -2.26. The van der Waals surface area contributed by atoms with Crippen molar-refractivity contribution in [2.75, 3.05) is 13.1 Å². The van der Waals surface area contributed by atoms with E-state index in [4.69, 9.17) is 0 Å². The summed E-state index contributed by atoms with van der Waals surface area (Å²) in [7, 11) is -3.58. The second kappa shape index (κ2) is 8.52. The number of carbonyl (C=O) groups is 1. The molecule has 1 aliphatic carbocycles. The maximum Gasteiger partial charge on any atom is 0.251 e. The lowest BCUT2D eigenvalue weighted by Crippen LogP contribution is -2.36. The summed E-state index contributed by atoms with van der Waals surface area (Å²) in [5.74, 6) is -0.252. The van der Waals surface area contributed by atoms with Gasteiger partial charge in [0.1, 0.15) is 0 Å². The second-order valence-corrected chi connectivity index (χ2v) is 10.4. The molecule has 1 aliphatic heterocycles. The summed E-state index contributed by atoms with van der Waals surface area (Å²) in [4.78, 5) is 13.1. The number of rotatable bonds is 5. The summed E-state index contributed by atoms with van der Waals surface area (Å²) in [5, 5.41) is 3.03. The van der Waals surface area contributed by atoms with E-state index < -0.39 is 10.0 Å². The van der Waals surface area contributed by atoms with Crippen molar-refractivity contribution in [2.24, 2.45) is 0 Å². The molecule has 1 heterocycles. The van der Waals surface area contributed by atoms with Crippen LogP contribution in [0, 0.1) is 6.92 Å². The number of amides is 1. The van der Waals surface area contributed by atoms with E-state index in [9.17, 15) is 13.2 Å². The summed E-state index contributed by atoms with van der Waals surface area (Å²) in [6, 6.07) is 11.2. The van der Waals surface area contributed by atoms with Crippen molar-refractivity contribution in [3.8, 4) is 0 Å². The van der Waals surface area contributed by atoms with Gasteiger partial charge in [0.25, 0.3) is 5.91 Å². The van der Waals surface area contributed by atoms with E-state index in [0.717, 1.165) is 37.7 Å². The standard InChI is InChI=1S/C24H30N2O3S/c1-17-9-10-22(16-23(17)30(28,29)26-13-4-3-5-14-26)24(27)25-18(2)20-12-11-19-7-6-8-21(19)15-20/h9-12,15-16,18H,3-8,13-14H2,1-2H3,(H,25,27)/t18-/m0/s1. The molecule has 1 atom stereocenters. The fourth-order valence-corrected chi connectivity index (χ4v) is 6.26. The van der Waals surface area contributed by atoms with Gasteiger partial charge in [0, 0.05) is 18.7 Å². The van der Waals surface area contributed by atoms with Crippen LogP contribution in [0.2, 0.25) is 0 Å². The van der Waals surface area contributed by atoms with Crippen LogP contribution in [0.3, 0.4) is 0 Å². The van der Waals surface area contributed by atoms with Crippen molar-refractivity contribution >= 4 is 15.9 Å². The van der Waals surface area contributed by atoms with Crippen molar-refractivity contribution in [1.82, 2.24) is 9.62 Å². The molecule has 1 fully saturated rings. The lowest BCUT2D eigenvalue weighted by molar-refractivity contribution is 0.0939. The molecule has 1 N–H and O–H groups in total. The molecule has 0 aromatic heterocycles. The lowest BCUT2D eigenvalue weighted by atomic mass is 10.0. The van der Waals surface area contributed by atoms with Gasteiger partial charge in [-0.15, -0.1) is 0 Å². The molecule has 0 saturated carbocycles. The Bertz CT molecular complexity index is 1060. The van der Waals surface area contributed by atoms with Crippen LogP contribution in [-0.4, -0.2) is 31.7 Å². The Kier molecular flexibility index (Phi) is 5.98. The Morgan fingerprint density at radius 1 is 0.967 bits per heavy atom. The van der Waals surface area contributed by atoms with Crippen LogP contribution in [0.5, 0.6) is 0 Å². The zero-order valence-electron chi connectivity index (χ0n) is 17.8. The molecule has 6 heteroatoms. The molecule has 0 spiro atoms. The summed E-state index contributed by atoms with van der Waals surface area (Å²) in [6.45, 7) is 4.85. The number of aryl methyl sites for hydroxylation is 3. The van der Waals surface area contributed by atoms with Gasteiger partial charge in [-0.05, 0) is 80.3 Å². The molecule has 160 valence electrons. The molecule has 2 aromatic rings. The maximum absolute atomic E-state index is 13.1. The van der Waals surface area contributed by atoms with Crippen molar-refractivity contribution in [3.63, 3.8) is 0 Å². The number of nitrogens with one attached hydrogen (secondary N) is 1. The molecule has 4 rings (SSSR count). The minimum atomic E-state index is -3.58. The number of piperidine rings is 1. The monoisotopic (exact) mass is 426 g/mol. The van der Waals surface area contributed by atoms with Crippen LogP contribution in [0.1, 0.15) is 71.3 Å². The fraction of sp³-hybridized carbons (Fsp3) is 0.458. The molecule has 1 saturated heterocycles. The number of hydrogen-bond acceptors (Lipinski definition) is 3. The minimum absolute atomic E-state index is 0.146. The van der Waals surface area contributed by atoms with E-state index in [2.05, 4.69) is 23.5 Å². The molecular formula is C24H30N2O3S. The number of hydrogen-bond donors (Lipinski definition) is 1. The van der Waals surface area contributed by atoms with Crippen molar-refractivity contribution in [1.29, 1.82) is 0 Å². The Hall–Kier alpha value is -2.18. The first-order chi connectivity index (χ1) is 14.4. The molecule has 0 radical (unpaired) electrons.